The minimum Gasteiger partial charge on any atom is -0.490 e. The number of alkyl halides is 1. The van der Waals surface area contributed by atoms with Crippen molar-refractivity contribution in [3.05, 3.63) is 46.4 Å². The smallest absolute Gasteiger partial charge is 0.303 e. The molecule has 34 heavy (non-hydrogen) atoms. The van der Waals surface area contributed by atoms with Crippen molar-refractivity contribution in [3.63, 3.8) is 0 Å². The van der Waals surface area contributed by atoms with Crippen molar-refractivity contribution >= 4 is 60.4 Å². The fourth-order valence-corrected chi connectivity index (χ4v) is 5.77. The normalized spacial score (nSPS) is 12.7. The molecule has 0 amide bonds. The number of rotatable bonds is 12. The van der Waals surface area contributed by atoms with Crippen LogP contribution in [0.4, 0.5) is 0 Å². The van der Waals surface area contributed by atoms with Gasteiger partial charge in [0, 0.05) is 19.1 Å². The molecule has 13 heteroatoms. The molecule has 0 fully saturated rings. The van der Waals surface area contributed by atoms with Crippen LogP contribution >= 0.6 is 34.8 Å². The van der Waals surface area contributed by atoms with Gasteiger partial charge in [-0.05, 0) is 42.8 Å². The topological polar surface area (TPSA) is 113 Å². The molecule has 0 aliphatic rings. The quantitative estimate of drug-likeness (QED) is 0.211. The molecule has 0 saturated heterocycles. The van der Waals surface area contributed by atoms with Crippen LogP contribution in [0.15, 0.2) is 46.2 Å². The Morgan fingerprint density at radius 2 is 1.56 bits per heavy atom. The first-order valence-corrected chi connectivity index (χ1v) is 14.7. The highest BCUT2D eigenvalue weighted by molar-refractivity contribution is 7.91. The highest BCUT2D eigenvalue weighted by Crippen LogP contribution is 2.37. The number of carbonyl (C=O) groups excluding carboxylic acids is 1. The number of esters is 1. The van der Waals surface area contributed by atoms with Crippen LogP contribution < -0.4 is 9.47 Å². The molecule has 0 bridgehead atoms. The van der Waals surface area contributed by atoms with Gasteiger partial charge in [0.2, 0.25) is 9.84 Å². The van der Waals surface area contributed by atoms with Crippen LogP contribution in [0.2, 0.25) is 10.0 Å². The van der Waals surface area contributed by atoms with E-state index in [1.165, 1.54) is 36.4 Å². The van der Waals surface area contributed by atoms with Gasteiger partial charge < -0.3 is 14.2 Å². The van der Waals surface area contributed by atoms with Gasteiger partial charge in [0.05, 0.1) is 32.2 Å². The summed E-state index contributed by atoms with van der Waals surface area (Å²) < 4.78 is 65.0. The molecule has 2 rings (SSSR count). The zero-order valence-electron chi connectivity index (χ0n) is 18.3. The first-order chi connectivity index (χ1) is 15.8. The van der Waals surface area contributed by atoms with Crippen molar-refractivity contribution in [1.82, 2.24) is 0 Å². The van der Waals surface area contributed by atoms with Crippen LogP contribution in [0.3, 0.4) is 0 Å². The minimum atomic E-state index is -3.96. The van der Waals surface area contributed by atoms with Crippen molar-refractivity contribution in [1.29, 1.82) is 0 Å². The predicted octanol–water partition coefficient (Wildman–Crippen LogP) is 4.19. The van der Waals surface area contributed by atoms with Crippen LogP contribution in [0, 0.1) is 0 Å². The maximum Gasteiger partial charge on any atom is 0.303 e. The summed E-state index contributed by atoms with van der Waals surface area (Å²) in [6.07, 6.45) is 0.573. The van der Waals surface area contributed by atoms with Crippen molar-refractivity contribution < 1.29 is 35.8 Å². The molecule has 0 unspecified atom stereocenters. The van der Waals surface area contributed by atoms with Crippen molar-refractivity contribution in [2.45, 2.75) is 29.2 Å². The number of halogens is 3. The zero-order chi connectivity index (χ0) is 25.5. The molecule has 0 radical (unpaired) electrons. The van der Waals surface area contributed by atoms with E-state index in [0.29, 0.717) is 12.3 Å². The summed E-state index contributed by atoms with van der Waals surface area (Å²) in [5.74, 6) is -0.238. The molecule has 0 aliphatic carbocycles. The average Bonchev–Trinajstić information content (AvgIpc) is 2.72. The Balaban J connectivity index is 2.17. The fourth-order valence-electron chi connectivity index (χ4n) is 2.79. The van der Waals surface area contributed by atoms with Gasteiger partial charge in [-0.25, -0.2) is 16.8 Å². The summed E-state index contributed by atoms with van der Waals surface area (Å²) in [5.41, 5.74) is 0. The Kier molecular flexibility index (Phi) is 10.3. The molecule has 188 valence electrons. The molecular formula is C21H23Cl3O8S2. The van der Waals surface area contributed by atoms with Gasteiger partial charge in [-0.1, -0.05) is 23.2 Å². The number of benzene rings is 2. The van der Waals surface area contributed by atoms with E-state index in [1.807, 2.05) is 0 Å². The summed E-state index contributed by atoms with van der Waals surface area (Å²) in [5, 5.41) is 0.0889. The Hall–Kier alpha value is -1.72. The fraction of sp³-hybridized carbons (Fsp3) is 0.381. The van der Waals surface area contributed by atoms with E-state index in [9.17, 15) is 21.6 Å². The van der Waals surface area contributed by atoms with E-state index in [1.54, 1.807) is 0 Å². The number of sulfone groups is 2. The highest BCUT2D eigenvalue weighted by atomic mass is 35.5. The van der Waals surface area contributed by atoms with Crippen LogP contribution in [0.25, 0.3) is 0 Å². The summed E-state index contributed by atoms with van der Waals surface area (Å²) in [7, 11) is -7.38. The molecule has 0 aromatic heterocycles. The third-order valence-electron chi connectivity index (χ3n) is 4.20. The molecule has 1 atom stereocenters. The molecule has 8 nitrogen and oxygen atoms in total. The number of ether oxygens (including phenoxy) is 3. The van der Waals surface area contributed by atoms with E-state index in [4.69, 9.17) is 49.0 Å². The van der Waals surface area contributed by atoms with Gasteiger partial charge in [-0.2, -0.15) is 0 Å². The lowest BCUT2D eigenvalue weighted by Gasteiger charge is -2.17. The van der Waals surface area contributed by atoms with E-state index < -0.39 is 37.5 Å². The molecule has 0 saturated carbocycles. The first-order valence-electron chi connectivity index (χ1n) is 9.84. The van der Waals surface area contributed by atoms with Crippen molar-refractivity contribution in [2.75, 3.05) is 31.1 Å². The van der Waals surface area contributed by atoms with E-state index in [0.717, 1.165) is 13.2 Å². The number of hydrogen-bond acceptors (Lipinski definition) is 8. The van der Waals surface area contributed by atoms with Gasteiger partial charge in [0.15, 0.2) is 15.6 Å². The molecule has 0 aliphatic heterocycles. The third-order valence-corrected chi connectivity index (χ3v) is 7.75. The summed E-state index contributed by atoms with van der Waals surface area (Å²) in [6.45, 7) is 1.21. The lowest BCUT2D eigenvalue weighted by atomic mass is 10.3. The molecule has 0 N–H and O–H groups in total. The van der Waals surface area contributed by atoms with Gasteiger partial charge in [0.1, 0.15) is 18.5 Å². The second-order valence-electron chi connectivity index (χ2n) is 7.22. The number of hydrogen-bond donors (Lipinski definition) is 0. The Bertz CT molecular complexity index is 1190. The van der Waals surface area contributed by atoms with Gasteiger partial charge in [-0.15, -0.1) is 11.6 Å². The van der Waals surface area contributed by atoms with Crippen LogP contribution in [0.1, 0.15) is 13.3 Å². The standard InChI is InChI=1S/C21H23Cl3O8S2/c1-14(25)32-16(13-33(2,26)27)12-31-15-4-6-17(7-5-15)34(28,29)18-10-19(23)21(20(24)11-18)30-9-3-8-22/h4-7,10-11,16H,3,8-9,12-13H2,1-2H3/t16-/m0/s1. The van der Waals surface area contributed by atoms with E-state index in [2.05, 4.69) is 0 Å². The molecule has 2 aromatic carbocycles. The van der Waals surface area contributed by atoms with E-state index >= 15 is 0 Å². The summed E-state index contributed by atoms with van der Waals surface area (Å²) in [4.78, 5) is 11.0. The Morgan fingerprint density at radius 3 is 2.06 bits per heavy atom. The summed E-state index contributed by atoms with van der Waals surface area (Å²) >= 11 is 18.0. The van der Waals surface area contributed by atoms with Crippen LogP contribution in [-0.4, -0.2) is 60.0 Å². The Labute approximate surface area is 213 Å². The molecule has 2 aromatic rings. The largest absolute Gasteiger partial charge is 0.490 e. The predicted molar refractivity (Wildman–Crippen MR) is 130 cm³/mol. The SMILES string of the molecule is CC(=O)O[C@@H](COc1ccc(S(=O)(=O)c2cc(Cl)c(OCCCCl)c(Cl)c2)cc1)CS(C)(=O)=O. The van der Waals surface area contributed by atoms with E-state index in [-0.39, 0.29) is 44.5 Å². The Morgan fingerprint density at radius 1 is 0.971 bits per heavy atom. The van der Waals surface area contributed by atoms with Crippen LogP contribution in [0.5, 0.6) is 11.5 Å². The summed E-state index contributed by atoms with van der Waals surface area (Å²) in [6, 6.07) is 7.91. The second-order valence-corrected chi connectivity index (χ2v) is 12.5. The average molecular weight is 574 g/mol. The number of carbonyl (C=O) groups is 1. The third kappa shape index (κ3) is 8.49. The monoisotopic (exact) mass is 572 g/mol. The zero-order valence-corrected chi connectivity index (χ0v) is 22.2. The van der Waals surface area contributed by atoms with Gasteiger partial charge in [0.25, 0.3) is 0 Å². The van der Waals surface area contributed by atoms with Crippen molar-refractivity contribution in [3.8, 4) is 11.5 Å². The van der Waals surface area contributed by atoms with Crippen LogP contribution in [-0.2, 0) is 29.2 Å². The van der Waals surface area contributed by atoms with Gasteiger partial charge >= 0.3 is 5.97 Å². The van der Waals surface area contributed by atoms with Gasteiger partial charge in [-0.3, -0.25) is 4.79 Å². The first kappa shape index (κ1) is 28.5. The lowest BCUT2D eigenvalue weighted by Crippen LogP contribution is -2.31. The second kappa shape index (κ2) is 12.3. The lowest BCUT2D eigenvalue weighted by molar-refractivity contribution is -0.146. The molecule has 0 heterocycles. The maximum absolute atomic E-state index is 13.0. The molecule has 0 spiro atoms. The minimum absolute atomic E-state index is 0.0444. The molecular weight excluding hydrogens is 551 g/mol. The van der Waals surface area contributed by atoms with Crippen molar-refractivity contribution in [2.24, 2.45) is 0 Å². The highest BCUT2D eigenvalue weighted by Gasteiger charge is 2.23. The maximum atomic E-state index is 13.0.